The molecule has 0 bridgehead atoms. The van der Waals surface area contributed by atoms with E-state index in [-0.39, 0.29) is 11.6 Å². The third kappa shape index (κ3) is 5.00. The number of benzene rings is 1. The number of para-hydroxylation sites is 1. The van der Waals surface area contributed by atoms with Gasteiger partial charge >= 0.3 is 6.09 Å². The Morgan fingerprint density at radius 1 is 1.38 bits per heavy atom. The van der Waals surface area contributed by atoms with Crippen LogP contribution in [0.4, 0.5) is 10.5 Å². The summed E-state index contributed by atoms with van der Waals surface area (Å²) in [7, 11) is 0. The molecule has 132 valence electrons. The van der Waals surface area contributed by atoms with Crippen LogP contribution in [-0.2, 0) is 4.74 Å². The second-order valence-corrected chi connectivity index (χ2v) is 8.20. The molecule has 1 N–H and O–H groups in total. The fourth-order valence-electron chi connectivity index (χ4n) is 2.95. The van der Waals surface area contributed by atoms with Crippen molar-refractivity contribution in [2.45, 2.75) is 51.2 Å². The van der Waals surface area contributed by atoms with Crippen LogP contribution in [0.5, 0.6) is 0 Å². The number of nitrogens with one attached hydrogen (secondary N) is 1. The predicted octanol–water partition coefficient (Wildman–Crippen LogP) is 5.21. The van der Waals surface area contributed by atoms with E-state index in [0.29, 0.717) is 13.1 Å². The van der Waals surface area contributed by atoms with Gasteiger partial charge in [-0.3, -0.25) is 0 Å². The van der Waals surface area contributed by atoms with Crippen molar-refractivity contribution in [2.24, 2.45) is 0 Å². The van der Waals surface area contributed by atoms with Crippen LogP contribution in [0.1, 0.15) is 40.0 Å². The maximum absolute atomic E-state index is 12.3. The van der Waals surface area contributed by atoms with Gasteiger partial charge in [-0.1, -0.05) is 18.2 Å². The van der Waals surface area contributed by atoms with E-state index >= 15 is 0 Å². The van der Waals surface area contributed by atoms with Crippen molar-refractivity contribution in [3.63, 3.8) is 0 Å². The Hall–Kier alpha value is -1.49. The topological polar surface area (TPSA) is 41.6 Å². The van der Waals surface area contributed by atoms with Gasteiger partial charge in [-0.05, 0) is 68.1 Å². The molecular formula is C19H27BrN2O2. The molecule has 1 aliphatic rings. The lowest BCUT2D eigenvalue weighted by atomic mass is 9.84. The molecule has 0 atom stereocenters. The van der Waals surface area contributed by atoms with E-state index in [2.05, 4.69) is 33.9 Å². The molecule has 0 unspecified atom stereocenters. The molecule has 1 heterocycles. The van der Waals surface area contributed by atoms with Gasteiger partial charge in [0.2, 0.25) is 0 Å². The molecule has 0 saturated carbocycles. The summed E-state index contributed by atoms with van der Waals surface area (Å²) in [5.41, 5.74) is 0.536. The van der Waals surface area contributed by atoms with Gasteiger partial charge in [0.1, 0.15) is 5.60 Å². The third-order valence-corrected chi connectivity index (χ3v) is 4.87. The first kappa shape index (κ1) is 18.8. The minimum absolute atomic E-state index is 0.0792. The highest BCUT2D eigenvalue weighted by Gasteiger charge is 2.36. The van der Waals surface area contributed by atoms with Crippen molar-refractivity contribution in [2.75, 3.05) is 18.4 Å². The first-order chi connectivity index (χ1) is 11.2. The Bertz CT molecular complexity index is 587. The fraction of sp³-hybridized carbons (Fsp3) is 0.526. The lowest BCUT2D eigenvalue weighted by Crippen LogP contribution is -2.51. The summed E-state index contributed by atoms with van der Waals surface area (Å²) in [6.45, 7) is 11.0. The molecule has 1 saturated heterocycles. The number of ether oxygens (including phenoxy) is 1. The number of halogens is 1. The van der Waals surface area contributed by atoms with E-state index in [1.807, 2.05) is 45.0 Å². The Labute approximate surface area is 153 Å². The van der Waals surface area contributed by atoms with Crippen molar-refractivity contribution >= 4 is 27.7 Å². The molecule has 0 aromatic heterocycles. The van der Waals surface area contributed by atoms with E-state index in [1.165, 1.54) is 0 Å². The monoisotopic (exact) mass is 394 g/mol. The van der Waals surface area contributed by atoms with Gasteiger partial charge in [0, 0.05) is 28.8 Å². The maximum Gasteiger partial charge on any atom is 0.410 e. The molecule has 1 aromatic rings. The second-order valence-electron chi connectivity index (χ2n) is 7.35. The van der Waals surface area contributed by atoms with Crippen LogP contribution in [0.15, 0.2) is 41.4 Å². The Balaban J connectivity index is 2.05. The van der Waals surface area contributed by atoms with Gasteiger partial charge in [0.05, 0.1) is 0 Å². The highest BCUT2D eigenvalue weighted by Crippen LogP contribution is 2.33. The van der Waals surface area contributed by atoms with Crippen LogP contribution >= 0.6 is 15.9 Å². The first-order valence-corrected chi connectivity index (χ1v) is 9.15. The van der Waals surface area contributed by atoms with E-state index in [9.17, 15) is 4.79 Å². The van der Waals surface area contributed by atoms with Crippen LogP contribution in [0.2, 0.25) is 0 Å². The van der Waals surface area contributed by atoms with E-state index in [1.54, 1.807) is 4.90 Å². The molecular weight excluding hydrogens is 368 g/mol. The number of nitrogens with zero attached hydrogens (tertiary/aromatic N) is 1. The Kier molecular flexibility index (Phi) is 5.97. The second kappa shape index (κ2) is 7.60. The average molecular weight is 395 g/mol. The van der Waals surface area contributed by atoms with Gasteiger partial charge in [0.25, 0.3) is 0 Å². The number of likely N-dealkylation sites (tertiary alicyclic amines) is 1. The molecule has 0 aliphatic carbocycles. The van der Waals surface area contributed by atoms with Gasteiger partial charge in [-0.2, -0.15) is 0 Å². The van der Waals surface area contributed by atoms with Crippen LogP contribution in [0.25, 0.3) is 0 Å². The summed E-state index contributed by atoms with van der Waals surface area (Å²) in [5.74, 6) is 0. The Morgan fingerprint density at radius 3 is 2.54 bits per heavy atom. The summed E-state index contributed by atoms with van der Waals surface area (Å²) in [6, 6.07) is 8.11. The molecule has 1 aliphatic heterocycles. The van der Waals surface area contributed by atoms with Crippen LogP contribution < -0.4 is 5.32 Å². The van der Waals surface area contributed by atoms with Gasteiger partial charge < -0.3 is 15.0 Å². The lowest BCUT2D eigenvalue weighted by Gasteiger charge is -2.43. The largest absolute Gasteiger partial charge is 0.444 e. The van der Waals surface area contributed by atoms with Crippen molar-refractivity contribution < 1.29 is 9.53 Å². The number of rotatable bonds is 4. The van der Waals surface area contributed by atoms with E-state index in [0.717, 1.165) is 29.4 Å². The minimum Gasteiger partial charge on any atom is -0.444 e. The molecule has 1 amide bonds. The molecule has 1 fully saturated rings. The highest BCUT2D eigenvalue weighted by molar-refractivity contribution is 9.10. The number of amides is 1. The average Bonchev–Trinajstić information content (AvgIpc) is 2.49. The highest BCUT2D eigenvalue weighted by atomic mass is 79.9. The first-order valence-electron chi connectivity index (χ1n) is 8.36. The van der Waals surface area contributed by atoms with Gasteiger partial charge in [-0.15, -0.1) is 6.58 Å². The van der Waals surface area contributed by atoms with Crippen molar-refractivity contribution in [1.29, 1.82) is 0 Å². The van der Waals surface area contributed by atoms with Crippen molar-refractivity contribution in [3.8, 4) is 0 Å². The van der Waals surface area contributed by atoms with E-state index < -0.39 is 5.60 Å². The maximum atomic E-state index is 12.3. The van der Waals surface area contributed by atoms with Crippen LogP contribution in [0.3, 0.4) is 0 Å². The number of piperidine rings is 1. The smallest absolute Gasteiger partial charge is 0.410 e. The summed E-state index contributed by atoms with van der Waals surface area (Å²) < 4.78 is 6.53. The molecule has 4 nitrogen and oxygen atoms in total. The zero-order chi connectivity index (χ0) is 17.8. The molecule has 2 rings (SSSR count). The number of anilines is 1. The molecule has 5 heteroatoms. The quantitative estimate of drug-likeness (QED) is 0.712. The minimum atomic E-state index is -0.458. The summed E-state index contributed by atoms with van der Waals surface area (Å²) in [4.78, 5) is 14.1. The molecule has 0 spiro atoms. The summed E-state index contributed by atoms with van der Waals surface area (Å²) in [6.07, 6.45) is 4.30. The standard InChI is InChI=1S/C19H27BrN2O2/c1-5-10-19(21-16-9-7-6-8-15(16)20)11-13-22(14-12-19)17(23)24-18(2,3)4/h5-9,21H,1,10-14H2,2-4H3. The fourth-order valence-corrected chi connectivity index (χ4v) is 3.33. The predicted molar refractivity (Wildman–Crippen MR) is 102 cm³/mol. The lowest BCUT2D eigenvalue weighted by molar-refractivity contribution is 0.0178. The third-order valence-electron chi connectivity index (χ3n) is 4.18. The summed E-state index contributed by atoms with van der Waals surface area (Å²) >= 11 is 3.59. The zero-order valence-corrected chi connectivity index (χ0v) is 16.4. The van der Waals surface area contributed by atoms with Crippen molar-refractivity contribution in [1.82, 2.24) is 4.90 Å². The van der Waals surface area contributed by atoms with Gasteiger partial charge in [-0.25, -0.2) is 4.79 Å². The van der Waals surface area contributed by atoms with Crippen molar-refractivity contribution in [3.05, 3.63) is 41.4 Å². The number of carbonyl (C=O) groups is 1. The van der Waals surface area contributed by atoms with Crippen LogP contribution in [-0.4, -0.2) is 35.2 Å². The molecule has 0 radical (unpaired) electrons. The SMILES string of the molecule is C=CCC1(Nc2ccccc2Br)CCN(C(=O)OC(C)(C)C)CC1. The van der Waals surface area contributed by atoms with Gasteiger partial charge in [0.15, 0.2) is 0 Å². The Morgan fingerprint density at radius 2 is 2.00 bits per heavy atom. The molecule has 1 aromatic carbocycles. The number of hydrogen-bond donors (Lipinski definition) is 1. The summed E-state index contributed by atoms with van der Waals surface area (Å²) in [5, 5.41) is 3.67. The van der Waals surface area contributed by atoms with Crippen LogP contribution in [0, 0.1) is 0 Å². The van der Waals surface area contributed by atoms with E-state index in [4.69, 9.17) is 4.74 Å². The normalized spacial score (nSPS) is 17.2. The number of hydrogen-bond acceptors (Lipinski definition) is 3. The molecule has 24 heavy (non-hydrogen) atoms. The zero-order valence-electron chi connectivity index (χ0n) is 14.8. The number of carbonyl (C=O) groups excluding carboxylic acids is 1.